The van der Waals surface area contributed by atoms with Gasteiger partial charge in [-0.05, 0) is 82.3 Å². The number of phenols is 1. The maximum absolute atomic E-state index is 13.4. The molecular weight excluding hydrogens is 643 g/mol. The van der Waals surface area contributed by atoms with Gasteiger partial charge in [0.15, 0.2) is 0 Å². The lowest BCUT2D eigenvalue weighted by Crippen LogP contribution is -2.60. The molecular formula is C33H47N5O7S2. The molecule has 0 saturated carbocycles. The molecule has 4 amide bonds. The number of aryl methyl sites for hydroxylation is 2. The Morgan fingerprint density at radius 1 is 0.830 bits per heavy atom. The summed E-state index contributed by atoms with van der Waals surface area (Å²) in [5, 5.41) is 20.2. The third-order valence-corrected chi connectivity index (χ3v) is 8.00. The van der Waals surface area contributed by atoms with Gasteiger partial charge in [0, 0.05) is 15.9 Å². The topological polar surface area (TPSA) is 189 Å². The maximum Gasteiger partial charge on any atom is 0.329 e. The summed E-state index contributed by atoms with van der Waals surface area (Å²) in [4.78, 5) is 65.2. The number of aromatic hydroxyl groups is 1. The van der Waals surface area contributed by atoms with Gasteiger partial charge in [-0.25, -0.2) is 4.79 Å². The summed E-state index contributed by atoms with van der Waals surface area (Å²) in [5.41, 5.74) is 9.30. The first-order valence-corrected chi connectivity index (χ1v) is 15.9. The average molecular weight is 690 g/mol. The number of nitrogens with two attached hydrogens (primary N) is 1. The average Bonchev–Trinajstić information content (AvgIpc) is 2.97. The Bertz CT molecular complexity index is 1420. The molecule has 7 N–H and O–H groups in total. The molecule has 0 aliphatic heterocycles. The minimum atomic E-state index is -1.18. The predicted octanol–water partition coefficient (Wildman–Crippen LogP) is 1.28. The number of hydrogen-bond donors (Lipinski definition) is 8. The van der Waals surface area contributed by atoms with E-state index in [1.54, 1.807) is 77.9 Å². The Balaban J connectivity index is 2.14. The van der Waals surface area contributed by atoms with Crippen LogP contribution in [-0.4, -0.2) is 82.0 Å². The van der Waals surface area contributed by atoms with Crippen molar-refractivity contribution in [3.05, 3.63) is 64.7 Å². The van der Waals surface area contributed by atoms with Crippen molar-refractivity contribution in [2.24, 2.45) is 5.73 Å². The van der Waals surface area contributed by atoms with E-state index in [2.05, 4.69) is 46.5 Å². The summed E-state index contributed by atoms with van der Waals surface area (Å²) in [6.45, 7) is 9.61. The molecule has 14 heteroatoms. The zero-order chi connectivity index (χ0) is 35.7. The van der Waals surface area contributed by atoms with Crippen LogP contribution >= 0.6 is 25.3 Å². The second kappa shape index (κ2) is 16.9. The van der Waals surface area contributed by atoms with Crippen molar-refractivity contribution in [1.82, 2.24) is 21.3 Å². The summed E-state index contributed by atoms with van der Waals surface area (Å²) >= 11 is 8.92. The summed E-state index contributed by atoms with van der Waals surface area (Å²) in [7, 11) is 1.19. The van der Waals surface area contributed by atoms with Crippen LogP contribution in [0.25, 0.3) is 0 Å². The van der Waals surface area contributed by atoms with Gasteiger partial charge in [0.1, 0.15) is 23.9 Å². The van der Waals surface area contributed by atoms with Gasteiger partial charge < -0.3 is 36.8 Å². The van der Waals surface area contributed by atoms with Gasteiger partial charge in [0.25, 0.3) is 0 Å². The molecule has 2 aromatic carbocycles. The first-order valence-electron chi connectivity index (χ1n) is 15.0. The van der Waals surface area contributed by atoms with Crippen molar-refractivity contribution in [3.8, 4) is 5.75 Å². The molecule has 0 radical (unpaired) electrons. The van der Waals surface area contributed by atoms with Crippen molar-refractivity contribution in [2.45, 2.75) is 88.0 Å². The molecule has 12 nitrogen and oxygen atoms in total. The largest absolute Gasteiger partial charge is 0.508 e. The van der Waals surface area contributed by atoms with E-state index in [1.807, 2.05) is 6.07 Å². The first kappa shape index (κ1) is 39.4. The summed E-state index contributed by atoms with van der Waals surface area (Å²) < 4.78 is 2.79. The van der Waals surface area contributed by atoms with Gasteiger partial charge >= 0.3 is 5.97 Å². The molecule has 258 valence electrons. The molecule has 0 heterocycles. The Kier molecular flexibility index (Phi) is 14.2. The van der Waals surface area contributed by atoms with E-state index in [1.165, 1.54) is 7.11 Å². The SMILES string of the molecule is COC(=O)[C@H](NC(=O)[C@H](Cc1ccccc1)NC(=O)CNC(=O)[C@H](NC(=O)[C@@H](N)Cc1c(C)cc(O)cc1C)C(C)(C)S)C(C)(C)S. The number of nitrogens with one attached hydrogen (secondary N) is 4. The molecule has 0 bridgehead atoms. The smallest absolute Gasteiger partial charge is 0.329 e. The number of carbonyl (C=O) groups is 5. The second-order valence-electron chi connectivity index (χ2n) is 12.6. The van der Waals surface area contributed by atoms with Crippen LogP contribution in [0, 0.1) is 13.8 Å². The number of methoxy groups -OCH3 is 1. The van der Waals surface area contributed by atoms with Crippen molar-refractivity contribution >= 4 is 54.9 Å². The van der Waals surface area contributed by atoms with Crippen molar-refractivity contribution in [1.29, 1.82) is 0 Å². The zero-order valence-electron chi connectivity index (χ0n) is 27.8. The van der Waals surface area contributed by atoms with Gasteiger partial charge in [-0.15, -0.1) is 0 Å². The minimum absolute atomic E-state index is 0.0907. The summed E-state index contributed by atoms with van der Waals surface area (Å²) in [6, 6.07) is 7.68. The Labute approximate surface area is 287 Å². The molecule has 0 aliphatic rings. The number of carbonyl (C=O) groups excluding carboxylic acids is 5. The quantitative estimate of drug-likeness (QED) is 0.101. The van der Waals surface area contributed by atoms with Crippen LogP contribution in [0.5, 0.6) is 5.75 Å². The highest BCUT2D eigenvalue weighted by Crippen LogP contribution is 2.23. The van der Waals surface area contributed by atoms with E-state index in [0.29, 0.717) is 0 Å². The predicted molar refractivity (Wildman–Crippen MR) is 186 cm³/mol. The van der Waals surface area contributed by atoms with Crippen molar-refractivity contribution in [3.63, 3.8) is 0 Å². The fraction of sp³-hybridized carbons (Fsp3) is 0.485. The summed E-state index contributed by atoms with van der Waals surface area (Å²) in [5.74, 6) is -3.23. The number of thiol groups is 2. The normalized spacial score (nSPS) is 14.2. The van der Waals surface area contributed by atoms with Crippen molar-refractivity contribution in [2.75, 3.05) is 13.7 Å². The lowest BCUT2D eigenvalue weighted by atomic mass is 9.95. The van der Waals surface area contributed by atoms with E-state index in [-0.39, 0.29) is 18.6 Å². The van der Waals surface area contributed by atoms with Gasteiger partial charge in [-0.1, -0.05) is 30.3 Å². The monoisotopic (exact) mass is 689 g/mol. The third-order valence-electron chi connectivity index (χ3n) is 7.48. The molecule has 47 heavy (non-hydrogen) atoms. The number of phenolic OH excluding ortho intramolecular Hbond substituents is 1. The van der Waals surface area contributed by atoms with Crippen LogP contribution in [-0.2, 0) is 41.6 Å². The van der Waals surface area contributed by atoms with E-state index in [0.717, 1.165) is 22.3 Å². The number of rotatable bonds is 15. The third kappa shape index (κ3) is 12.1. The molecule has 2 rings (SSSR count). The summed E-state index contributed by atoms with van der Waals surface area (Å²) in [6.07, 6.45) is 0.257. The number of ether oxygens (including phenoxy) is 1. The fourth-order valence-electron chi connectivity index (χ4n) is 4.88. The van der Waals surface area contributed by atoms with Crippen molar-refractivity contribution < 1.29 is 33.8 Å². The molecule has 0 spiro atoms. The van der Waals surface area contributed by atoms with E-state index in [9.17, 15) is 29.1 Å². The van der Waals surface area contributed by atoms with Gasteiger partial charge in [-0.3, -0.25) is 19.2 Å². The van der Waals surface area contributed by atoms with E-state index in [4.69, 9.17) is 10.5 Å². The van der Waals surface area contributed by atoms with Crippen LogP contribution in [0.3, 0.4) is 0 Å². The Morgan fingerprint density at radius 2 is 1.36 bits per heavy atom. The van der Waals surface area contributed by atoms with Gasteiger partial charge in [0.05, 0.1) is 19.7 Å². The van der Waals surface area contributed by atoms with Crippen LogP contribution in [0.4, 0.5) is 0 Å². The second-order valence-corrected chi connectivity index (χ2v) is 14.9. The van der Waals surface area contributed by atoms with E-state index < -0.39 is 69.8 Å². The fourth-order valence-corrected chi connectivity index (χ4v) is 5.23. The standard InChI is InChI=1S/C33H47N5O7S2/c1-18-13-21(39)14-19(2)22(18)16-23(34)28(41)37-26(32(3,4)46)30(43)35-17-25(40)36-24(15-20-11-9-8-10-12-20)29(42)38-27(31(44)45-7)33(5,6)47/h8-14,23-24,26-27,39,46-47H,15-17,34H2,1-7H3,(H,35,43)(H,36,40)(H,37,41)(H,38,42)/t23-,24-,26-,27-/m0/s1. The number of amides is 4. The van der Waals surface area contributed by atoms with Crippen LogP contribution < -0.4 is 27.0 Å². The molecule has 2 aromatic rings. The zero-order valence-corrected chi connectivity index (χ0v) is 29.6. The molecule has 0 aliphatic carbocycles. The lowest BCUT2D eigenvalue weighted by molar-refractivity contribution is -0.146. The Morgan fingerprint density at radius 3 is 1.87 bits per heavy atom. The number of esters is 1. The molecule has 4 atom stereocenters. The van der Waals surface area contributed by atoms with Gasteiger partial charge in [-0.2, -0.15) is 25.3 Å². The minimum Gasteiger partial charge on any atom is -0.508 e. The highest BCUT2D eigenvalue weighted by molar-refractivity contribution is 7.82. The lowest BCUT2D eigenvalue weighted by Gasteiger charge is -2.31. The molecule has 0 aromatic heterocycles. The Hall–Kier alpha value is -3.75. The maximum atomic E-state index is 13.4. The first-order chi connectivity index (χ1) is 21.7. The van der Waals surface area contributed by atoms with Crippen LogP contribution in [0.1, 0.15) is 49.9 Å². The highest BCUT2D eigenvalue weighted by atomic mass is 32.1. The van der Waals surface area contributed by atoms with Crippen LogP contribution in [0.2, 0.25) is 0 Å². The number of hydrogen-bond acceptors (Lipinski definition) is 10. The molecule has 0 fully saturated rings. The van der Waals surface area contributed by atoms with Gasteiger partial charge in [0.2, 0.25) is 23.6 Å². The molecule has 0 saturated heterocycles. The molecule has 0 unspecified atom stereocenters. The number of benzene rings is 2. The van der Waals surface area contributed by atoms with E-state index >= 15 is 0 Å². The highest BCUT2D eigenvalue weighted by Gasteiger charge is 2.37. The van der Waals surface area contributed by atoms with Crippen LogP contribution in [0.15, 0.2) is 42.5 Å².